The quantitative estimate of drug-likeness (QED) is 0.682. The average molecular weight is 344 g/mol. The van der Waals surface area contributed by atoms with E-state index in [1.807, 2.05) is 42.5 Å². The van der Waals surface area contributed by atoms with Crippen molar-refractivity contribution < 1.29 is 4.79 Å². The van der Waals surface area contributed by atoms with Gasteiger partial charge in [0.2, 0.25) is 5.91 Å². The fourth-order valence-corrected chi connectivity index (χ4v) is 3.31. The van der Waals surface area contributed by atoms with E-state index < -0.39 is 0 Å². The smallest absolute Gasteiger partial charge is 0.239 e. The molecule has 1 amide bonds. The maximum Gasteiger partial charge on any atom is 0.239 e. The Kier molecular flexibility index (Phi) is 5.10. The molecule has 1 saturated heterocycles. The molecule has 2 aromatic rings. The minimum atomic E-state index is -0.169. The van der Waals surface area contributed by atoms with Gasteiger partial charge in [-0.15, -0.1) is 5.10 Å². The lowest BCUT2D eigenvalue weighted by molar-refractivity contribution is -0.118. The molecule has 2 aromatic carbocycles. The van der Waals surface area contributed by atoms with Gasteiger partial charge in [-0.25, -0.2) is 0 Å². The Morgan fingerprint density at radius 3 is 2.78 bits per heavy atom. The van der Waals surface area contributed by atoms with Crippen LogP contribution >= 0.6 is 23.4 Å². The lowest BCUT2D eigenvalue weighted by Crippen LogP contribution is -2.25. The summed E-state index contributed by atoms with van der Waals surface area (Å²) >= 11 is 7.31. The van der Waals surface area contributed by atoms with E-state index in [0.717, 1.165) is 11.1 Å². The van der Waals surface area contributed by atoms with Gasteiger partial charge in [-0.05, 0) is 29.7 Å². The van der Waals surface area contributed by atoms with Crippen LogP contribution in [0.4, 0.5) is 0 Å². The van der Waals surface area contributed by atoms with E-state index >= 15 is 0 Å². The lowest BCUT2D eigenvalue weighted by atomic mass is 10.1. The van der Waals surface area contributed by atoms with Crippen LogP contribution in [-0.2, 0) is 11.2 Å². The first-order valence-corrected chi connectivity index (χ1v) is 8.34. The molecule has 23 heavy (non-hydrogen) atoms. The van der Waals surface area contributed by atoms with Gasteiger partial charge >= 0.3 is 0 Å². The van der Waals surface area contributed by atoms with Crippen molar-refractivity contribution in [2.24, 2.45) is 10.2 Å². The van der Waals surface area contributed by atoms with Crippen molar-refractivity contribution in [2.45, 2.75) is 11.7 Å². The highest BCUT2D eigenvalue weighted by Gasteiger charge is 2.30. The molecule has 3 rings (SSSR count). The van der Waals surface area contributed by atoms with Crippen LogP contribution in [0.1, 0.15) is 11.1 Å². The van der Waals surface area contributed by atoms with E-state index in [-0.39, 0.29) is 11.2 Å². The third-order valence-electron chi connectivity index (χ3n) is 3.24. The Balaban J connectivity index is 1.62. The number of hydrogen-bond donors (Lipinski definition) is 1. The fourth-order valence-electron chi connectivity index (χ4n) is 2.15. The van der Waals surface area contributed by atoms with Gasteiger partial charge in [0.25, 0.3) is 0 Å². The number of carbonyl (C=O) groups is 1. The third kappa shape index (κ3) is 4.43. The molecule has 1 unspecified atom stereocenters. The van der Waals surface area contributed by atoms with Crippen LogP contribution in [0, 0.1) is 0 Å². The maximum atomic E-state index is 12.0. The van der Waals surface area contributed by atoms with Gasteiger partial charge in [0.05, 0.1) is 11.5 Å². The Hall–Kier alpha value is -2.11. The molecule has 0 aromatic heterocycles. The van der Waals surface area contributed by atoms with Gasteiger partial charge in [0.1, 0.15) is 0 Å². The van der Waals surface area contributed by atoms with Crippen LogP contribution in [0.2, 0.25) is 5.02 Å². The minimum absolute atomic E-state index is 0.0319. The molecule has 1 aliphatic rings. The number of amides is 1. The summed E-state index contributed by atoms with van der Waals surface area (Å²) in [6, 6.07) is 17.3. The molecular weight excluding hydrogens is 330 g/mol. The molecule has 1 N–H and O–H groups in total. The van der Waals surface area contributed by atoms with E-state index in [1.165, 1.54) is 11.8 Å². The zero-order valence-corrected chi connectivity index (χ0v) is 13.7. The number of benzene rings is 2. The zero-order valence-electron chi connectivity index (χ0n) is 12.1. The van der Waals surface area contributed by atoms with Crippen LogP contribution in [-0.4, -0.2) is 22.5 Å². The normalized spacial score (nSPS) is 19.4. The monoisotopic (exact) mass is 343 g/mol. The highest BCUT2D eigenvalue weighted by Crippen LogP contribution is 2.23. The number of thioether (sulfide) groups is 1. The summed E-state index contributed by atoms with van der Waals surface area (Å²) in [5.74, 6) is -0.0319. The standard InChI is InChI=1S/C17H14ClN3OS/c18-14-8-4-7-13(9-14)11-19-21-17-20-16(22)15(23-17)10-12-5-2-1-3-6-12/h1-9,11,15H,10H2,(H,20,21,22). The van der Waals surface area contributed by atoms with Gasteiger partial charge in [-0.3, -0.25) is 4.79 Å². The van der Waals surface area contributed by atoms with Gasteiger partial charge in [-0.2, -0.15) is 5.10 Å². The van der Waals surface area contributed by atoms with E-state index in [2.05, 4.69) is 15.5 Å². The predicted molar refractivity (Wildman–Crippen MR) is 96.1 cm³/mol. The lowest BCUT2D eigenvalue weighted by Gasteiger charge is -2.04. The van der Waals surface area contributed by atoms with Crippen molar-refractivity contribution in [2.75, 3.05) is 0 Å². The number of nitrogens with one attached hydrogen (secondary N) is 1. The van der Waals surface area contributed by atoms with Crippen molar-refractivity contribution in [3.8, 4) is 0 Å². The SMILES string of the molecule is O=C1N/C(=N\N=Cc2cccc(Cl)c2)SC1Cc1ccccc1. The second kappa shape index (κ2) is 7.44. The number of amidine groups is 1. The van der Waals surface area contributed by atoms with Crippen LogP contribution in [0.15, 0.2) is 64.8 Å². The topological polar surface area (TPSA) is 53.8 Å². The molecule has 6 heteroatoms. The van der Waals surface area contributed by atoms with Crippen LogP contribution in [0.3, 0.4) is 0 Å². The second-order valence-corrected chi connectivity index (χ2v) is 6.62. The zero-order chi connectivity index (χ0) is 16.1. The summed E-state index contributed by atoms with van der Waals surface area (Å²) in [6.45, 7) is 0. The molecule has 1 atom stereocenters. The Labute approximate surface area is 143 Å². The number of hydrogen-bond acceptors (Lipinski definition) is 4. The maximum absolute atomic E-state index is 12.0. The first-order chi connectivity index (χ1) is 11.2. The summed E-state index contributed by atoms with van der Waals surface area (Å²) in [5, 5.41) is 11.8. The van der Waals surface area contributed by atoms with Crippen LogP contribution in [0.5, 0.6) is 0 Å². The number of carbonyl (C=O) groups excluding carboxylic acids is 1. The number of halogens is 1. The molecule has 0 spiro atoms. The van der Waals surface area contributed by atoms with E-state index in [1.54, 1.807) is 18.3 Å². The molecule has 0 radical (unpaired) electrons. The molecule has 0 saturated carbocycles. The summed E-state index contributed by atoms with van der Waals surface area (Å²) in [7, 11) is 0. The first kappa shape index (κ1) is 15.8. The fraction of sp³-hybridized carbons (Fsp3) is 0.118. The molecule has 1 fully saturated rings. The van der Waals surface area contributed by atoms with Crippen LogP contribution in [0.25, 0.3) is 0 Å². The molecule has 0 aliphatic carbocycles. The molecule has 0 bridgehead atoms. The molecule has 1 heterocycles. The number of nitrogens with zero attached hydrogens (tertiary/aromatic N) is 2. The van der Waals surface area contributed by atoms with E-state index in [0.29, 0.717) is 16.6 Å². The summed E-state index contributed by atoms with van der Waals surface area (Å²) in [5.41, 5.74) is 1.99. The average Bonchev–Trinajstić information content (AvgIpc) is 2.88. The van der Waals surface area contributed by atoms with Gasteiger partial charge < -0.3 is 5.32 Å². The highest BCUT2D eigenvalue weighted by atomic mass is 35.5. The van der Waals surface area contributed by atoms with Gasteiger partial charge in [0, 0.05) is 5.02 Å². The van der Waals surface area contributed by atoms with Crippen molar-refractivity contribution in [1.82, 2.24) is 5.32 Å². The Bertz CT molecular complexity index is 761. The molecule has 1 aliphatic heterocycles. The molecular formula is C17H14ClN3OS. The Morgan fingerprint density at radius 1 is 1.17 bits per heavy atom. The Morgan fingerprint density at radius 2 is 2.00 bits per heavy atom. The molecule has 4 nitrogen and oxygen atoms in total. The van der Waals surface area contributed by atoms with Crippen molar-refractivity contribution in [1.29, 1.82) is 0 Å². The summed E-state index contributed by atoms with van der Waals surface area (Å²) in [4.78, 5) is 12.0. The van der Waals surface area contributed by atoms with Crippen LogP contribution < -0.4 is 5.32 Å². The third-order valence-corrected chi connectivity index (χ3v) is 4.55. The van der Waals surface area contributed by atoms with Gasteiger partial charge in [0.15, 0.2) is 5.17 Å². The van der Waals surface area contributed by atoms with Crippen molar-refractivity contribution >= 4 is 40.7 Å². The van der Waals surface area contributed by atoms with Crippen molar-refractivity contribution in [3.63, 3.8) is 0 Å². The summed E-state index contributed by atoms with van der Waals surface area (Å²) < 4.78 is 0. The van der Waals surface area contributed by atoms with Gasteiger partial charge in [-0.1, -0.05) is 65.8 Å². The second-order valence-electron chi connectivity index (χ2n) is 4.99. The van der Waals surface area contributed by atoms with E-state index in [9.17, 15) is 4.79 Å². The molecule has 116 valence electrons. The predicted octanol–water partition coefficient (Wildman–Crippen LogP) is 3.50. The highest BCUT2D eigenvalue weighted by molar-refractivity contribution is 8.15. The largest absolute Gasteiger partial charge is 0.303 e. The first-order valence-electron chi connectivity index (χ1n) is 7.09. The minimum Gasteiger partial charge on any atom is -0.303 e. The van der Waals surface area contributed by atoms with Crippen molar-refractivity contribution in [3.05, 3.63) is 70.7 Å². The van der Waals surface area contributed by atoms with E-state index in [4.69, 9.17) is 11.6 Å². The summed E-state index contributed by atoms with van der Waals surface area (Å²) in [6.07, 6.45) is 2.28. The number of rotatable bonds is 4.